The lowest BCUT2D eigenvalue weighted by atomic mass is 10.1. The lowest BCUT2D eigenvalue weighted by molar-refractivity contribution is 0.0921. The van der Waals surface area contributed by atoms with Crippen LogP contribution in [-0.2, 0) is 10.0 Å². The van der Waals surface area contributed by atoms with Gasteiger partial charge in [0.15, 0.2) is 0 Å². The Hall–Kier alpha value is -0.990. The number of carbonyl (C=O) groups excluding carboxylic acids is 1. The van der Waals surface area contributed by atoms with Gasteiger partial charge in [0.2, 0.25) is 10.0 Å². The molecule has 0 bridgehead atoms. The van der Waals surface area contributed by atoms with Crippen molar-refractivity contribution in [3.63, 3.8) is 0 Å². The van der Waals surface area contributed by atoms with E-state index < -0.39 is 21.7 Å². The van der Waals surface area contributed by atoms with E-state index in [1.807, 2.05) is 0 Å². The molecule has 0 aliphatic carbocycles. The summed E-state index contributed by atoms with van der Waals surface area (Å²) in [7, 11) is -3.26. The van der Waals surface area contributed by atoms with Crippen LogP contribution < -0.4 is 5.32 Å². The molecule has 1 unspecified atom stereocenters. The Bertz CT molecular complexity index is 631. The highest BCUT2D eigenvalue weighted by Gasteiger charge is 2.27. The fraction of sp³-hybridized carbons (Fsp3) is 0.462. The number of carbonyl (C=O) groups is 1. The van der Waals surface area contributed by atoms with Gasteiger partial charge in [0, 0.05) is 29.2 Å². The maximum Gasteiger partial charge on any atom is 0.251 e. The number of benzene rings is 1. The lowest BCUT2D eigenvalue weighted by Gasteiger charge is -2.31. The normalized spacial score (nSPS) is 20.2. The minimum absolute atomic E-state index is 0.207. The van der Waals surface area contributed by atoms with Crippen molar-refractivity contribution >= 4 is 31.9 Å². The molecule has 1 N–H and O–H groups in total. The number of nitrogens with zero attached hydrogens (tertiary/aromatic N) is 1. The van der Waals surface area contributed by atoms with Crippen molar-refractivity contribution in [3.8, 4) is 0 Å². The van der Waals surface area contributed by atoms with Crippen LogP contribution in [0.4, 0.5) is 4.39 Å². The van der Waals surface area contributed by atoms with Gasteiger partial charge in [-0.15, -0.1) is 0 Å². The number of halogens is 2. The third-order valence-corrected chi connectivity index (χ3v) is 5.04. The Labute approximate surface area is 131 Å². The quantitative estimate of drug-likeness (QED) is 0.870. The summed E-state index contributed by atoms with van der Waals surface area (Å²) in [6.45, 7) is 0.720. The van der Waals surface area contributed by atoms with Crippen molar-refractivity contribution in [1.82, 2.24) is 9.62 Å². The molecule has 1 aliphatic heterocycles. The van der Waals surface area contributed by atoms with Gasteiger partial charge in [-0.25, -0.2) is 17.1 Å². The van der Waals surface area contributed by atoms with Crippen LogP contribution in [0.25, 0.3) is 0 Å². The highest BCUT2D eigenvalue weighted by Crippen LogP contribution is 2.17. The van der Waals surface area contributed by atoms with Crippen molar-refractivity contribution < 1.29 is 17.6 Å². The molecule has 1 aromatic carbocycles. The van der Waals surface area contributed by atoms with Crippen molar-refractivity contribution in [2.24, 2.45) is 0 Å². The molecular weight excluding hydrogens is 363 g/mol. The molecule has 5 nitrogen and oxygen atoms in total. The molecule has 1 heterocycles. The van der Waals surface area contributed by atoms with Gasteiger partial charge < -0.3 is 5.32 Å². The van der Waals surface area contributed by atoms with Crippen LogP contribution in [-0.4, -0.2) is 44.0 Å². The molecule has 1 amide bonds. The van der Waals surface area contributed by atoms with Crippen molar-refractivity contribution in [1.29, 1.82) is 0 Å². The molecule has 8 heteroatoms. The number of hydrogen-bond donors (Lipinski definition) is 1. The van der Waals surface area contributed by atoms with E-state index in [1.165, 1.54) is 16.4 Å². The van der Waals surface area contributed by atoms with E-state index in [9.17, 15) is 17.6 Å². The second-order valence-corrected chi connectivity index (χ2v) is 7.99. The molecule has 0 radical (unpaired) electrons. The van der Waals surface area contributed by atoms with E-state index in [2.05, 4.69) is 21.2 Å². The summed E-state index contributed by atoms with van der Waals surface area (Å²) in [4.78, 5) is 12.1. The van der Waals surface area contributed by atoms with Gasteiger partial charge in [-0.2, -0.15) is 0 Å². The molecule has 1 aliphatic rings. The number of piperidine rings is 1. The Balaban J connectivity index is 2.05. The molecule has 1 atom stereocenters. The summed E-state index contributed by atoms with van der Waals surface area (Å²) in [5.74, 6) is -0.911. The molecule has 0 aromatic heterocycles. The first-order valence-corrected chi connectivity index (χ1v) is 9.12. The van der Waals surface area contributed by atoms with Gasteiger partial charge in [-0.3, -0.25) is 4.79 Å². The minimum Gasteiger partial charge on any atom is -0.348 e. The first-order valence-electron chi connectivity index (χ1n) is 6.48. The van der Waals surface area contributed by atoms with Crippen LogP contribution in [0, 0.1) is 5.82 Å². The van der Waals surface area contributed by atoms with Crippen LogP contribution in [0.5, 0.6) is 0 Å². The van der Waals surface area contributed by atoms with Gasteiger partial charge in [0.1, 0.15) is 5.82 Å². The summed E-state index contributed by atoms with van der Waals surface area (Å²) < 4.78 is 38.2. The largest absolute Gasteiger partial charge is 0.348 e. The predicted octanol–water partition coefficient (Wildman–Crippen LogP) is 1.74. The van der Waals surface area contributed by atoms with E-state index in [-0.39, 0.29) is 18.2 Å². The van der Waals surface area contributed by atoms with Crippen LogP contribution in [0.2, 0.25) is 0 Å². The fourth-order valence-corrected chi connectivity index (χ4v) is 3.69. The Morgan fingerprint density at radius 2 is 2.14 bits per heavy atom. The number of rotatable bonds is 3. The molecule has 116 valence electrons. The molecule has 0 spiro atoms. The predicted molar refractivity (Wildman–Crippen MR) is 81.0 cm³/mol. The highest BCUT2D eigenvalue weighted by molar-refractivity contribution is 9.10. The topological polar surface area (TPSA) is 66.5 Å². The second-order valence-electron chi connectivity index (χ2n) is 5.09. The van der Waals surface area contributed by atoms with Crippen LogP contribution in [0.3, 0.4) is 0 Å². The lowest BCUT2D eigenvalue weighted by Crippen LogP contribution is -2.49. The smallest absolute Gasteiger partial charge is 0.251 e. The van der Waals surface area contributed by atoms with Crippen LogP contribution in [0.15, 0.2) is 22.7 Å². The molecule has 1 saturated heterocycles. The number of amides is 1. The third kappa shape index (κ3) is 4.49. The summed E-state index contributed by atoms with van der Waals surface area (Å²) in [6, 6.07) is 3.68. The minimum atomic E-state index is -3.26. The maximum absolute atomic E-state index is 13.3. The Morgan fingerprint density at radius 1 is 1.43 bits per heavy atom. The van der Waals surface area contributed by atoms with E-state index in [4.69, 9.17) is 0 Å². The molecular formula is C13H16BrFN2O3S. The number of nitrogens with one attached hydrogen (secondary N) is 1. The summed E-state index contributed by atoms with van der Waals surface area (Å²) in [6.07, 6.45) is 2.54. The second kappa shape index (κ2) is 6.41. The van der Waals surface area contributed by atoms with Gasteiger partial charge >= 0.3 is 0 Å². The molecule has 21 heavy (non-hydrogen) atoms. The first kappa shape index (κ1) is 16.4. The maximum atomic E-state index is 13.3. The summed E-state index contributed by atoms with van der Waals surface area (Å²) >= 11 is 3.13. The Kier molecular flexibility index (Phi) is 5.00. The first-order chi connectivity index (χ1) is 9.75. The zero-order valence-electron chi connectivity index (χ0n) is 11.5. The average Bonchev–Trinajstić information content (AvgIpc) is 2.37. The van der Waals surface area contributed by atoms with Crippen molar-refractivity contribution in [3.05, 3.63) is 34.1 Å². The van der Waals surface area contributed by atoms with E-state index in [0.717, 1.165) is 12.3 Å². The van der Waals surface area contributed by atoms with E-state index >= 15 is 0 Å². The fourth-order valence-electron chi connectivity index (χ4n) is 2.32. The van der Waals surface area contributed by atoms with Crippen LogP contribution >= 0.6 is 15.9 Å². The molecule has 1 aromatic rings. The third-order valence-electron chi connectivity index (χ3n) is 3.31. The molecule has 1 fully saturated rings. The number of sulfonamides is 1. The summed E-state index contributed by atoms with van der Waals surface area (Å²) in [5.41, 5.74) is 0.207. The van der Waals surface area contributed by atoms with E-state index in [0.29, 0.717) is 23.9 Å². The average molecular weight is 379 g/mol. The van der Waals surface area contributed by atoms with Crippen molar-refractivity contribution in [2.75, 3.05) is 19.3 Å². The van der Waals surface area contributed by atoms with Gasteiger partial charge in [0.05, 0.1) is 6.26 Å². The zero-order chi connectivity index (χ0) is 15.6. The van der Waals surface area contributed by atoms with E-state index in [1.54, 1.807) is 0 Å². The van der Waals surface area contributed by atoms with Crippen molar-refractivity contribution in [2.45, 2.75) is 18.9 Å². The van der Waals surface area contributed by atoms with Crippen LogP contribution in [0.1, 0.15) is 23.2 Å². The monoisotopic (exact) mass is 378 g/mol. The molecule has 0 saturated carbocycles. The van der Waals surface area contributed by atoms with Gasteiger partial charge in [-0.1, -0.05) is 15.9 Å². The highest BCUT2D eigenvalue weighted by atomic mass is 79.9. The standard InChI is InChI=1S/C13H16BrFN2O3S/c1-21(19,20)17-4-2-3-12(8-17)16-13(18)9-5-10(14)7-11(15)6-9/h5-7,12H,2-4,8H2,1H3,(H,16,18). The molecule has 2 rings (SSSR count). The zero-order valence-corrected chi connectivity index (χ0v) is 13.9. The summed E-state index contributed by atoms with van der Waals surface area (Å²) in [5, 5.41) is 2.76. The van der Waals surface area contributed by atoms with Gasteiger partial charge in [-0.05, 0) is 31.0 Å². The van der Waals surface area contributed by atoms with Gasteiger partial charge in [0.25, 0.3) is 5.91 Å². The SMILES string of the molecule is CS(=O)(=O)N1CCCC(NC(=O)c2cc(F)cc(Br)c2)C1. The Morgan fingerprint density at radius 3 is 2.76 bits per heavy atom. The number of hydrogen-bond acceptors (Lipinski definition) is 3.